The summed E-state index contributed by atoms with van der Waals surface area (Å²) < 4.78 is 7.41. The van der Waals surface area contributed by atoms with E-state index in [-0.39, 0.29) is 0 Å². The molecule has 1 aromatic carbocycles. The third-order valence-electron chi connectivity index (χ3n) is 3.11. The zero-order chi connectivity index (χ0) is 13.1. The molecular formula is C13H19N3OS. The van der Waals surface area contributed by atoms with Crippen LogP contribution in [-0.2, 0) is 0 Å². The molecule has 98 valence electrons. The van der Waals surface area contributed by atoms with Gasteiger partial charge in [0.2, 0.25) is 5.95 Å². The number of nitrogens with zero attached hydrogens (tertiary/aromatic N) is 2. The quantitative estimate of drug-likeness (QED) is 0.903. The lowest BCUT2D eigenvalue weighted by molar-refractivity contribution is 0.419. The van der Waals surface area contributed by atoms with E-state index in [1.54, 1.807) is 7.11 Å². The fourth-order valence-corrected chi connectivity index (χ4v) is 2.73. The van der Waals surface area contributed by atoms with E-state index in [1.165, 1.54) is 0 Å². The Balaban J connectivity index is 2.47. The van der Waals surface area contributed by atoms with Crippen LogP contribution >= 0.6 is 11.8 Å². The van der Waals surface area contributed by atoms with Crippen LogP contribution in [-0.4, -0.2) is 28.7 Å². The number of hydrogen-bond acceptors (Lipinski definition) is 4. The largest absolute Gasteiger partial charge is 0.494 e. The predicted octanol–water partition coefficient (Wildman–Crippen LogP) is 2.94. The first-order valence-electron chi connectivity index (χ1n) is 5.98. The molecule has 1 heterocycles. The molecule has 2 N–H and O–H groups in total. The van der Waals surface area contributed by atoms with Crippen LogP contribution in [0.15, 0.2) is 18.2 Å². The Morgan fingerprint density at radius 3 is 2.94 bits per heavy atom. The number of nitrogens with two attached hydrogens (primary N) is 1. The molecule has 1 atom stereocenters. The van der Waals surface area contributed by atoms with Crippen molar-refractivity contribution < 1.29 is 4.74 Å². The van der Waals surface area contributed by atoms with Gasteiger partial charge in [0.05, 0.1) is 12.6 Å². The molecule has 0 saturated heterocycles. The van der Waals surface area contributed by atoms with Crippen LogP contribution in [0.4, 0.5) is 5.95 Å². The Kier molecular flexibility index (Phi) is 4.01. The number of benzene rings is 1. The first kappa shape index (κ1) is 13.1. The van der Waals surface area contributed by atoms with Crippen molar-refractivity contribution in [3.05, 3.63) is 18.2 Å². The standard InChI is InChI=1S/C13H19N3OS/c1-9(7-8-18-3)16-10-5-4-6-11(17-2)12(10)15-13(16)14/h4-6,9H,7-8H2,1-3H3,(H2,14,15). The molecule has 0 amide bonds. The van der Waals surface area contributed by atoms with Gasteiger partial charge in [0.15, 0.2) is 0 Å². The number of rotatable bonds is 5. The van der Waals surface area contributed by atoms with E-state index in [4.69, 9.17) is 10.5 Å². The summed E-state index contributed by atoms with van der Waals surface area (Å²) in [5, 5.41) is 0. The zero-order valence-corrected chi connectivity index (χ0v) is 11.8. The number of nitrogen functional groups attached to an aromatic ring is 1. The minimum atomic E-state index is 0.342. The second-order valence-corrected chi connectivity index (χ2v) is 5.28. The summed E-state index contributed by atoms with van der Waals surface area (Å²) in [4.78, 5) is 4.42. The average molecular weight is 265 g/mol. The van der Waals surface area contributed by atoms with Gasteiger partial charge in [0.1, 0.15) is 11.3 Å². The minimum Gasteiger partial charge on any atom is -0.494 e. The summed E-state index contributed by atoms with van der Waals surface area (Å²) >= 11 is 1.85. The van der Waals surface area contributed by atoms with Crippen molar-refractivity contribution in [3.63, 3.8) is 0 Å². The molecule has 18 heavy (non-hydrogen) atoms. The van der Waals surface area contributed by atoms with E-state index in [2.05, 4.69) is 22.7 Å². The molecule has 1 aromatic heterocycles. The van der Waals surface area contributed by atoms with Crippen LogP contribution in [0.2, 0.25) is 0 Å². The second-order valence-electron chi connectivity index (χ2n) is 4.30. The maximum atomic E-state index is 6.04. The van der Waals surface area contributed by atoms with Crippen molar-refractivity contribution >= 4 is 28.7 Å². The van der Waals surface area contributed by atoms with Gasteiger partial charge >= 0.3 is 0 Å². The summed E-state index contributed by atoms with van der Waals surface area (Å²) in [5.74, 6) is 2.45. The van der Waals surface area contributed by atoms with Crippen molar-refractivity contribution in [1.29, 1.82) is 0 Å². The maximum Gasteiger partial charge on any atom is 0.201 e. The van der Waals surface area contributed by atoms with Gasteiger partial charge in [0.25, 0.3) is 0 Å². The fourth-order valence-electron chi connectivity index (χ4n) is 2.15. The van der Waals surface area contributed by atoms with Crippen LogP contribution in [0.1, 0.15) is 19.4 Å². The summed E-state index contributed by atoms with van der Waals surface area (Å²) in [6, 6.07) is 6.26. The third-order valence-corrected chi connectivity index (χ3v) is 3.75. The van der Waals surface area contributed by atoms with E-state index in [0.717, 1.165) is 29.0 Å². The van der Waals surface area contributed by atoms with Crippen LogP contribution in [0.5, 0.6) is 5.75 Å². The molecule has 5 heteroatoms. The molecule has 4 nitrogen and oxygen atoms in total. The lowest BCUT2D eigenvalue weighted by atomic mass is 10.2. The van der Waals surface area contributed by atoms with Crippen molar-refractivity contribution in [1.82, 2.24) is 9.55 Å². The molecule has 0 aliphatic heterocycles. The van der Waals surface area contributed by atoms with Crippen molar-refractivity contribution in [2.45, 2.75) is 19.4 Å². The Morgan fingerprint density at radius 1 is 1.50 bits per heavy atom. The third kappa shape index (κ3) is 2.27. The molecular weight excluding hydrogens is 246 g/mol. The highest BCUT2D eigenvalue weighted by atomic mass is 32.2. The summed E-state index contributed by atoms with van der Waals surface area (Å²) in [6.07, 6.45) is 3.19. The van der Waals surface area contributed by atoms with Gasteiger partial charge in [-0.05, 0) is 37.5 Å². The molecule has 0 radical (unpaired) electrons. The van der Waals surface area contributed by atoms with Crippen molar-refractivity contribution in [3.8, 4) is 5.75 Å². The van der Waals surface area contributed by atoms with Crippen LogP contribution in [0.25, 0.3) is 11.0 Å². The van der Waals surface area contributed by atoms with E-state index in [9.17, 15) is 0 Å². The SMILES string of the molecule is COc1cccc2c1nc(N)n2C(C)CCSC. The minimum absolute atomic E-state index is 0.342. The van der Waals surface area contributed by atoms with Gasteiger partial charge in [-0.3, -0.25) is 0 Å². The molecule has 2 aromatic rings. The van der Waals surface area contributed by atoms with Gasteiger partial charge in [-0.25, -0.2) is 4.98 Å². The Hall–Kier alpha value is -1.36. The van der Waals surface area contributed by atoms with Crippen LogP contribution in [0, 0.1) is 0 Å². The number of methoxy groups -OCH3 is 1. The Labute approximate surface area is 112 Å². The van der Waals surface area contributed by atoms with Crippen molar-refractivity contribution in [2.24, 2.45) is 0 Å². The van der Waals surface area contributed by atoms with E-state index >= 15 is 0 Å². The summed E-state index contributed by atoms with van der Waals surface area (Å²) in [7, 11) is 1.65. The highest BCUT2D eigenvalue weighted by molar-refractivity contribution is 7.98. The fraction of sp³-hybridized carbons (Fsp3) is 0.462. The molecule has 1 unspecified atom stereocenters. The predicted molar refractivity (Wildman–Crippen MR) is 78.4 cm³/mol. The Bertz CT molecular complexity index is 538. The number of thioether (sulfide) groups is 1. The molecule has 0 bridgehead atoms. The number of fused-ring (bicyclic) bond motifs is 1. The first-order chi connectivity index (χ1) is 8.69. The Morgan fingerprint density at radius 2 is 2.28 bits per heavy atom. The number of ether oxygens (including phenoxy) is 1. The highest BCUT2D eigenvalue weighted by Gasteiger charge is 2.15. The molecule has 2 rings (SSSR count). The number of aromatic nitrogens is 2. The number of hydrogen-bond donors (Lipinski definition) is 1. The summed E-state index contributed by atoms with van der Waals surface area (Å²) in [6.45, 7) is 2.17. The maximum absolute atomic E-state index is 6.04. The monoisotopic (exact) mass is 265 g/mol. The zero-order valence-electron chi connectivity index (χ0n) is 11.0. The topological polar surface area (TPSA) is 53.1 Å². The smallest absolute Gasteiger partial charge is 0.201 e. The lowest BCUT2D eigenvalue weighted by Gasteiger charge is -2.15. The second kappa shape index (κ2) is 5.52. The highest BCUT2D eigenvalue weighted by Crippen LogP contribution is 2.30. The molecule has 0 fully saturated rings. The first-order valence-corrected chi connectivity index (χ1v) is 7.37. The molecule has 0 spiro atoms. The summed E-state index contributed by atoms with van der Waals surface area (Å²) in [5.41, 5.74) is 7.92. The lowest BCUT2D eigenvalue weighted by Crippen LogP contribution is -2.09. The van der Waals surface area contributed by atoms with Gasteiger partial charge in [0, 0.05) is 6.04 Å². The number of para-hydroxylation sites is 1. The van der Waals surface area contributed by atoms with Gasteiger partial charge in [-0.15, -0.1) is 0 Å². The van der Waals surface area contributed by atoms with Crippen molar-refractivity contribution in [2.75, 3.05) is 24.9 Å². The number of imidazole rings is 1. The molecule has 0 saturated carbocycles. The molecule has 0 aliphatic rings. The van der Waals surface area contributed by atoms with Gasteiger partial charge in [-0.2, -0.15) is 11.8 Å². The number of anilines is 1. The molecule has 0 aliphatic carbocycles. The van der Waals surface area contributed by atoms with Crippen LogP contribution in [0.3, 0.4) is 0 Å². The van der Waals surface area contributed by atoms with E-state index < -0.39 is 0 Å². The average Bonchev–Trinajstić information content (AvgIpc) is 2.71. The normalized spacial score (nSPS) is 12.8. The van der Waals surface area contributed by atoms with E-state index in [1.807, 2.05) is 30.0 Å². The van der Waals surface area contributed by atoms with Crippen LogP contribution < -0.4 is 10.5 Å². The van der Waals surface area contributed by atoms with E-state index in [0.29, 0.717) is 12.0 Å². The van der Waals surface area contributed by atoms with Gasteiger partial charge in [-0.1, -0.05) is 6.07 Å². The van der Waals surface area contributed by atoms with Gasteiger partial charge < -0.3 is 15.0 Å².